The molecule has 1 heterocycles. The van der Waals surface area contributed by atoms with E-state index in [9.17, 15) is 9.59 Å². The van der Waals surface area contributed by atoms with E-state index in [1.165, 1.54) is 0 Å². The van der Waals surface area contributed by atoms with Crippen LogP contribution in [-0.2, 0) is 14.3 Å². The summed E-state index contributed by atoms with van der Waals surface area (Å²) in [7, 11) is 0. The minimum Gasteiger partial charge on any atom is -0.466 e. The molecule has 1 fully saturated rings. The maximum Gasteiger partial charge on any atom is 0.305 e. The molecule has 0 saturated carbocycles. The second-order valence-electron chi connectivity index (χ2n) is 5.14. The number of esters is 1. The van der Waals surface area contributed by atoms with Crippen LogP contribution in [0.15, 0.2) is 4.99 Å². The van der Waals surface area contributed by atoms with Gasteiger partial charge in [0.2, 0.25) is 5.91 Å². The Morgan fingerprint density at radius 1 is 1.13 bits per heavy atom. The summed E-state index contributed by atoms with van der Waals surface area (Å²) in [5.41, 5.74) is 0. The smallest absolute Gasteiger partial charge is 0.305 e. The molecule has 0 bridgehead atoms. The van der Waals surface area contributed by atoms with Gasteiger partial charge in [-0.25, -0.2) is 0 Å². The fourth-order valence-electron chi connectivity index (χ4n) is 2.30. The van der Waals surface area contributed by atoms with Crippen LogP contribution in [0.1, 0.15) is 33.6 Å². The topological polar surface area (TPSA) is 74.2 Å². The first-order valence-corrected chi connectivity index (χ1v) is 8.02. The first-order chi connectivity index (χ1) is 10.6. The van der Waals surface area contributed by atoms with Crippen LogP contribution >= 0.6 is 24.0 Å². The number of aliphatic imine (C=N–C) groups is 1. The minimum absolute atomic E-state index is 0. The van der Waals surface area contributed by atoms with E-state index in [0.29, 0.717) is 26.0 Å². The van der Waals surface area contributed by atoms with Crippen molar-refractivity contribution in [1.29, 1.82) is 0 Å². The van der Waals surface area contributed by atoms with Crippen LogP contribution in [0.25, 0.3) is 0 Å². The maximum atomic E-state index is 11.3. The van der Waals surface area contributed by atoms with Gasteiger partial charge in [-0.2, -0.15) is 0 Å². The molecular formula is C15H29IN4O3. The van der Waals surface area contributed by atoms with E-state index in [-0.39, 0.29) is 35.9 Å². The average Bonchev–Trinajstić information content (AvgIpc) is 2.51. The zero-order valence-electron chi connectivity index (χ0n) is 14.3. The summed E-state index contributed by atoms with van der Waals surface area (Å²) in [5.74, 6) is 0.809. The first-order valence-electron chi connectivity index (χ1n) is 8.02. The average molecular weight is 440 g/mol. The van der Waals surface area contributed by atoms with Crippen LogP contribution in [0.5, 0.6) is 0 Å². The van der Waals surface area contributed by atoms with Gasteiger partial charge in [0.25, 0.3) is 0 Å². The molecule has 8 heteroatoms. The molecule has 1 saturated heterocycles. The van der Waals surface area contributed by atoms with E-state index in [1.54, 1.807) is 13.8 Å². The number of carbonyl (C=O) groups is 2. The van der Waals surface area contributed by atoms with Gasteiger partial charge in [-0.15, -0.1) is 24.0 Å². The third-order valence-electron chi connectivity index (χ3n) is 3.47. The molecule has 1 amide bonds. The molecule has 7 nitrogen and oxygen atoms in total. The molecule has 0 aromatic heterocycles. The molecule has 0 atom stereocenters. The van der Waals surface area contributed by atoms with Gasteiger partial charge < -0.3 is 19.9 Å². The molecule has 1 rings (SSSR count). The molecule has 1 aliphatic rings. The van der Waals surface area contributed by atoms with Gasteiger partial charge in [0, 0.05) is 52.6 Å². The number of guanidine groups is 1. The third-order valence-corrected chi connectivity index (χ3v) is 3.47. The van der Waals surface area contributed by atoms with Crippen molar-refractivity contribution in [1.82, 2.24) is 15.1 Å². The fourth-order valence-corrected chi connectivity index (χ4v) is 2.30. The van der Waals surface area contributed by atoms with Crippen LogP contribution in [-0.4, -0.2) is 73.5 Å². The van der Waals surface area contributed by atoms with Crippen LogP contribution in [0.2, 0.25) is 0 Å². The van der Waals surface area contributed by atoms with Crippen molar-refractivity contribution in [3.05, 3.63) is 0 Å². The lowest BCUT2D eigenvalue weighted by molar-refractivity contribution is -0.143. The lowest BCUT2D eigenvalue weighted by Crippen LogP contribution is -2.53. The van der Waals surface area contributed by atoms with E-state index >= 15 is 0 Å². The van der Waals surface area contributed by atoms with Gasteiger partial charge in [-0.3, -0.25) is 14.6 Å². The van der Waals surface area contributed by atoms with E-state index in [0.717, 1.165) is 38.7 Å². The Kier molecular flexibility index (Phi) is 11.8. The van der Waals surface area contributed by atoms with E-state index < -0.39 is 0 Å². The van der Waals surface area contributed by atoms with Gasteiger partial charge in [-0.1, -0.05) is 0 Å². The summed E-state index contributed by atoms with van der Waals surface area (Å²) < 4.78 is 4.90. The van der Waals surface area contributed by atoms with Crippen molar-refractivity contribution in [3.63, 3.8) is 0 Å². The molecule has 1 N–H and O–H groups in total. The number of carbonyl (C=O) groups excluding carboxylic acids is 2. The normalized spacial score (nSPS) is 15.0. The number of nitrogens with one attached hydrogen (secondary N) is 1. The van der Waals surface area contributed by atoms with Gasteiger partial charge in [-0.05, 0) is 20.3 Å². The van der Waals surface area contributed by atoms with E-state index in [4.69, 9.17) is 4.74 Å². The van der Waals surface area contributed by atoms with Crippen molar-refractivity contribution in [2.24, 2.45) is 4.99 Å². The molecule has 23 heavy (non-hydrogen) atoms. The summed E-state index contributed by atoms with van der Waals surface area (Å²) in [6, 6.07) is 0. The Bertz CT molecular complexity index is 396. The molecule has 0 aliphatic carbocycles. The second kappa shape index (κ2) is 12.4. The summed E-state index contributed by atoms with van der Waals surface area (Å²) in [5, 5.41) is 3.27. The number of nitrogens with zero attached hydrogens (tertiary/aromatic N) is 3. The van der Waals surface area contributed by atoms with Gasteiger partial charge in [0.05, 0.1) is 6.61 Å². The highest BCUT2D eigenvalue weighted by molar-refractivity contribution is 14.0. The molecule has 0 spiro atoms. The fraction of sp³-hybridized carbons (Fsp3) is 0.800. The third kappa shape index (κ3) is 8.38. The number of hydrogen-bond acceptors (Lipinski definition) is 4. The number of hydrogen-bond donors (Lipinski definition) is 1. The molecule has 1 aliphatic heterocycles. The summed E-state index contributed by atoms with van der Waals surface area (Å²) in [4.78, 5) is 31.2. The van der Waals surface area contributed by atoms with Crippen molar-refractivity contribution in [2.75, 3.05) is 45.9 Å². The zero-order chi connectivity index (χ0) is 16.4. The molecule has 134 valence electrons. The zero-order valence-corrected chi connectivity index (χ0v) is 16.7. The number of ether oxygens (including phenoxy) is 1. The second-order valence-corrected chi connectivity index (χ2v) is 5.14. The first kappa shape index (κ1) is 21.9. The highest BCUT2D eigenvalue weighted by Crippen LogP contribution is 2.03. The van der Waals surface area contributed by atoms with Crippen LogP contribution in [0.4, 0.5) is 0 Å². The van der Waals surface area contributed by atoms with Gasteiger partial charge >= 0.3 is 5.97 Å². The summed E-state index contributed by atoms with van der Waals surface area (Å²) in [6.07, 6.45) is 1.08. The SMILES string of the molecule is CCNC(=NCCCC(=O)OCC)N1CCN(C(C)=O)CC1.I. The molecule has 0 aromatic carbocycles. The predicted octanol–water partition coefficient (Wildman–Crippen LogP) is 1.08. The Hall–Kier alpha value is -1.06. The molecular weight excluding hydrogens is 411 g/mol. The number of piperazine rings is 1. The van der Waals surface area contributed by atoms with Crippen molar-refractivity contribution in [2.45, 2.75) is 33.6 Å². The van der Waals surface area contributed by atoms with Gasteiger partial charge in [0.1, 0.15) is 0 Å². The quantitative estimate of drug-likeness (QED) is 0.220. The Morgan fingerprint density at radius 2 is 1.74 bits per heavy atom. The van der Waals surface area contributed by atoms with E-state index in [1.807, 2.05) is 11.8 Å². The summed E-state index contributed by atoms with van der Waals surface area (Å²) in [6.45, 7) is 10.3. The maximum absolute atomic E-state index is 11.3. The molecule has 0 aromatic rings. The standard InChI is InChI=1S/C15H28N4O3.HI/c1-4-16-15(17-8-6-7-14(21)22-5-2)19-11-9-18(10-12-19)13(3)20;/h4-12H2,1-3H3,(H,16,17);1H. The van der Waals surface area contributed by atoms with E-state index in [2.05, 4.69) is 15.2 Å². The predicted molar refractivity (Wildman–Crippen MR) is 101 cm³/mol. The van der Waals surface area contributed by atoms with Crippen LogP contribution in [0, 0.1) is 0 Å². The van der Waals surface area contributed by atoms with Crippen molar-refractivity contribution < 1.29 is 14.3 Å². The van der Waals surface area contributed by atoms with Gasteiger partial charge in [0.15, 0.2) is 5.96 Å². The molecule has 0 radical (unpaired) electrons. The monoisotopic (exact) mass is 440 g/mol. The lowest BCUT2D eigenvalue weighted by atomic mass is 10.3. The lowest BCUT2D eigenvalue weighted by Gasteiger charge is -2.36. The Morgan fingerprint density at radius 3 is 2.26 bits per heavy atom. The Labute approximate surface area is 155 Å². The van der Waals surface area contributed by atoms with Crippen LogP contribution in [0.3, 0.4) is 0 Å². The molecule has 0 unspecified atom stereocenters. The van der Waals surface area contributed by atoms with Crippen LogP contribution < -0.4 is 5.32 Å². The number of rotatable bonds is 6. The highest BCUT2D eigenvalue weighted by atomic mass is 127. The largest absolute Gasteiger partial charge is 0.466 e. The number of amides is 1. The minimum atomic E-state index is -0.169. The number of halogens is 1. The van der Waals surface area contributed by atoms with Crippen molar-refractivity contribution in [3.8, 4) is 0 Å². The Balaban J connectivity index is 0.00000484. The van der Waals surface area contributed by atoms with Crippen molar-refractivity contribution >= 4 is 41.8 Å². The summed E-state index contributed by atoms with van der Waals surface area (Å²) >= 11 is 0. The highest BCUT2D eigenvalue weighted by Gasteiger charge is 2.20.